The highest BCUT2D eigenvalue weighted by molar-refractivity contribution is 7.22. The van der Waals surface area contributed by atoms with E-state index in [0.29, 0.717) is 21.4 Å². The number of aromatic nitrogens is 1. The lowest BCUT2D eigenvalue weighted by atomic mass is 10.1. The summed E-state index contributed by atoms with van der Waals surface area (Å²) in [6.45, 7) is 0.178. The second-order valence-corrected chi connectivity index (χ2v) is 7.02. The highest BCUT2D eigenvalue weighted by Gasteiger charge is 2.31. The van der Waals surface area contributed by atoms with Crippen molar-refractivity contribution in [1.29, 1.82) is 0 Å². The van der Waals surface area contributed by atoms with Crippen LogP contribution in [0.15, 0.2) is 46.9 Å². The highest BCUT2D eigenvalue weighted by atomic mass is 32.1. The summed E-state index contributed by atoms with van der Waals surface area (Å²) >= 11 is 1.02. The van der Waals surface area contributed by atoms with Crippen molar-refractivity contribution in [2.75, 3.05) is 12.4 Å². The smallest absolute Gasteiger partial charge is 0.451 e. The molecule has 0 spiro atoms. The predicted molar refractivity (Wildman–Crippen MR) is 101 cm³/mol. The molecular weight excluding hydrogens is 409 g/mol. The number of carbonyl (C=O) groups excluding carboxylic acids is 1. The largest absolute Gasteiger partial charge is 0.573 e. The van der Waals surface area contributed by atoms with Crippen LogP contribution in [-0.2, 0) is 11.3 Å². The maximum atomic E-state index is 12.7. The second-order valence-electron chi connectivity index (χ2n) is 5.99. The van der Waals surface area contributed by atoms with Gasteiger partial charge in [0.05, 0.1) is 16.8 Å². The van der Waals surface area contributed by atoms with E-state index in [4.69, 9.17) is 9.15 Å². The fourth-order valence-corrected chi connectivity index (χ4v) is 3.77. The molecule has 0 aliphatic rings. The number of rotatable bonds is 5. The van der Waals surface area contributed by atoms with Crippen LogP contribution in [-0.4, -0.2) is 24.4 Å². The fraction of sp³-hybridized carbons (Fsp3) is 0.158. The van der Waals surface area contributed by atoms with Crippen LogP contribution >= 0.6 is 11.3 Å². The number of nitrogens with one attached hydrogen (secondary N) is 1. The maximum Gasteiger partial charge on any atom is 0.573 e. The first kappa shape index (κ1) is 19.2. The van der Waals surface area contributed by atoms with Gasteiger partial charge in [0, 0.05) is 24.1 Å². The summed E-state index contributed by atoms with van der Waals surface area (Å²) < 4.78 is 52.3. The minimum atomic E-state index is -4.78. The van der Waals surface area contributed by atoms with Gasteiger partial charge in [0.2, 0.25) is 0 Å². The van der Waals surface area contributed by atoms with Gasteiger partial charge >= 0.3 is 6.36 Å². The van der Waals surface area contributed by atoms with Gasteiger partial charge in [-0.1, -0.05) is 29.5 Å². The number of amides is 1. The van der Waals surface area contributed by atoms with Crippen LogP contribution in [0, 0.1) is 0 Å². The van der Waals surface area contributed by atoms with Gasteiger partial charge in [0.15, 0.2) is 10.9 Å². The first-order chi connectivity index (χ1) is 13.8. The molecule has 29 heavy (non-hydrogen) atoms. The molecule has 1 amide bonds. The Hall–Kier alpha value is -3.11. The Morgan fingerprint density at radius 3 is 2.79 bits per heavy atom. The van der Waals surface area contributed by atoms with E-state index < -0.39 is 12.3 Å². The number of thiazole rings is 1. The number of benzene rings is 2. The van der Waals surface area contributed by atoms with Crippen molar-refractivity contribution >= 4 is 43.6 Å². The van der Waals surface area contributed by atoms with Crippen LogP contribution in [0.4, 0.5) is 18.3 Å². The Balaban J connectivity index is 1.62. The highest BCUT2D eigenvalue weighted by Crippen LogP contribution is 2.33. The molecular formula is C19H13F3N2O4S. The van der Waals surface area contributed by atoms with Crippen molar-refractivity contribution in [2.45, 2.75) is 13.0 Å². The normalized spacial score (nSPS) is 11.9. The molecule has 4 rings (SSSR count). The number of anilines is 1. The van der Waals surface area contributed by atoms with E-state index in [1.54, 1.807) is 12.1 Å². The Labute approximate surface area is 165 Å². The Morgan fingerprint density at radius 2 is 2.03 bits per heavy atom. The predicted octanol–water partition coefficient (Wildman–Crippen LogP) is 5.34. The van der Waals surface area contributed by atoms with E-state index in [0.717, 1.165) is 22.8 Å². The van der Waals surface area contributed by atoms with Gasteiger partial charge in [-0.25, -0.2) is 4.98 Å². The fourth-order valence-electron chi connectivity index (χ4n) is 2.88. The van der Waals surface area contributed by atoms with E-state index in [9.17, 15) is 18.0 Å². The van der Waals surface area contributed by atoms with Crippen LogP contribution < -0.4 is 10.1 Å². The molecule has 0 unspecified atom stereocenters. The van der Waals surface area contributed by atoms with Gasteiger partial charge in [0.25, 0.3) is 5.91 Å². The SMILES string of the molecule is COCc1c(C(=O)Nc2nc3ccc(OC(F)(F)F)cc3s2)oc2ccccc12. The number of hydrogen-bond donors (Lipinski definition) is 1. The Bertz CT molecular complexity index is 1200. The molecule has 0 radical (unpaired) electrons. The van der Waals surface area contributed by atoms with Crippen molar-refractivity contribution in [1.82, 2.24) is 4.98 Å². The van der Waals surface area contributed by atoms with Gasteiger partial charge in [0.1, 0.15) is 11.3 Å². The molecule has 0 atom stereocenters. The number of ether oxygens (including phenoxy) is 2. The summed E-state index contributed by atoms with van der Waals surface area (Å²) in [5, 5.41) is 3.61. The summed E-state index contributed by atoms with van der Waals surface area (Å²) in [6.07, 6.45) is -4.78. The zero-order valence-electron chi connectivity index (χ0n) is 14.9. The first-order valence-electron chi connectivity index (χ1n) is 8.31. The number of para-hydroxylation sites is 1. The second kappa shape index (κ2) is 7.37. The molecule has 0 aliphatic carbocycles. The van der Waals surface area contributed by atoms with Gasteiger partial charge in [-0.05, 0) is 18.2 Å². The van der Waals surface area contributed by atoms with Crippen molar-refractivity contribution in [3.63, 3.8) is 0 Å². The number of carbonyl (C=O) groups is 1. The third-order valence-electron chi connectivity index (χ3n) is 4.01. The van der Waals surface area contributed by atoms with E-state index in [-0.39, 0.29) is 23.2 Å². The average molecular weight is 422 g/mol. The molecule has 0 bridgehead atoms. The number of nitrogens with zero attached hydrogens (tertiary/aromatic N) is 1. The standard InChI is InChI=1S/C19H13F3N2O4S/c1-26-9-12-11-4-2-3-5-14(11)27-16(12)17(25)24-18-23-13-7-6-10(8-15(13)29-18)28-19(20,21)22/h2-8H,9H2,1H3,(H,23,24,25). The lowest BCUT2D eigenvalue weighted by molar-refractivity contribution is -0.274. The summed E-state index contributed by atoms with van der Waals surface area (Å²) in [6, 6.07) is 10.9. The van der Waals surface area contributed by atoms with Gasteiger partial charge in [-0.2, -0.15) is 0 Å². The van der Waals surface area contributed by atoms with Crippen LogP contribution in [0.25, 0.3) is 21.2 Å². The van der Waals surface area contributed by atoms with Crippen LogP contribution in [0.5, 0.6) is 5.75 Å². The molecule has 2 heterocycles. The average Bonchev–Trinajstić information content (AvgIpc) is 3.21. The summed E-state index contributed by atoms with van der Waals surface area (Å²) in [7, 11) is 1.51. The molecule has 0 fully saturated rings. The lowest BCUT2D eigenvalue weighted by Gasteiger charge is -2.07. The molecule has 6 nitrogen and oxygen atoms in total. The van der Waals surface area contributed by atoms with E-state index in [1.807, 2.05) is 12.1 Å². The molecule has 1 N–H and O–H groups in total. The minimum Gasteiger partial charge on any atom is -0.451 e. The Morgan fingerprint density at radius 1 is 1.24 bits per heavy atom. The number of hydrogen-bond acceptors (Lipinski definition) is 6. The molecule has 0 aliphatic heterocycles. The molecule has 150 valence electrons. The maximum absolute atomic E-state index is 12.7. The van der Waals surface area contributed by atoms with Crippen LogP contribution in [0.3, 0.4) is 0 Å². The summed E-state index contributed by atoms with van der Waals surface area (Å²) in [5.74, 6) is -0.793. The topological polar surface area (TPSA) is 73.6 Å². The molecule has 10 heteroatoms. The van der Waals surface area contributed by atoms with E-state index >= 15 is 0 Å². The van der Waals surface area contributed by atoms with Crippen LogP contribution in [0.1, 0.15) is 16.1 Å². The minimum absolute atomic E-state index is 0.0911. The van der Waals surface area contributed by atoms with Crippen molar-refractivity contribution in [3.8, 4) is 5.75 Å². The molecule has 2 aromatic heterocycles. The van der Waals surface area contributed by atoms with Crippen molar-refractivity contribution < 1.29 is 31.9 Å². The quantitative estimate of drug-likeness (QED) is 0.470. The van der Waals surface area contributed by atoms with Gasteiger partial charge < -0.3 is 13.9 Å². The number of alkyl halides is 3. The first-order valence-corrected chi connectivity index (χ1v) is 9.13. The monoisotopic (exact) mass is 422 g/mol. The van der Waals surface area contributed by atoms with Gasteiger partial charge in [-0.3, -0.25) is 10.1 Å². The Kier molecular flexibility index (Phi) is 4.89. The van der Waals surface area contributed by atoms with Gasteiger partial charge in [-0.15, -0.1) is 13.2 Å². The lowest BCUT2D eigenvalue weighted by Crippen LogP contribution is -2.16. The molecule has 4 aromatic rings. The zero-order chi connectivity index (χ0) is 20.6. The summed E-state index contributed by atoms with van der Waals surface area (Å²) in [5.41, 5.74) is 1.58. The molecule has 0 saturated carbocycles. The molecule has 2 aromatic carbocycles. The zero-order valence-corrected chi connectivity index (χ0v) is 15.7. The number of furan rings is 1. The van der Waals surface area contributed by atoms with Crippen LogP contribution in [0.2, 0.25) is 0 Å². The third kappa shape index (κ3) is 4.03. The van der Waals surface area contributed by atoms with Crippen molar-refractivity contribution in [2.24, 2.45) is 0 Å². The third-order valence-corrected chi connectivity index (χ3v) is 4.94. The van der Waals surface area contributed by atoms with E-state index in [2.05, 4.69) is 15.0 Å². The summed E-state index contributed by atoms with van der Waals surface area (Å²) in [4.78, 5) is 17.0. The molecule has 0 saturated heterocycles. The number of fused-ring (bicyclic) bond motifs is 2. The van der Waals surface area contributed by atoms with E-state index in [1.165, 1.54) is 19.2 Å². The number of halogens is 3. The van der Waals surface area contributed by atoms with Crippen molar-refractivity contribution in [3.05, 3.63) is 53.8 Å². The number of methoxy groups -OCH3 is 1.